The zero-order valence-corrected chi connectivity index (χ0v) is 10.0. The molecule has 0 aromatic heterocycles. The van der Waals surface area contributed by atoms with Crippen LogP contribution in [-0.2, 0) is 4.79 Å². The third kappa shape index (κ3) is 0.885. The number of carbonyl (C=O) groups is 1. The van der Waals surface area contributed by atoms with E-state index in [1.165, 1.54) is 12.8 Å². The highest BCUT2D eigenvalue weighted by Gasteiger charge is 2.68. The third-order valence-electron chi connectivity index (χ3n) is 5.64. The molecule has 3 fully saturated rings. The van der Waals surface area contributed by atoms with E-state index in [0.29, 0.717) is 17.7 Å². The molecule has 2 aliphatic carbocycles. The lowest BCUT2D eigenvalue weighted by Gasteiger charge is -2.54. The molecule has 15 heavy (non-hydrogen) atoms. The molecule has 0 unspecified atom stereocenters. The number of likely N-dealkylation sites (tertiary alicyclic amines) is 1. The summed E-state index contributed by atoms with van der Waals surface area (Å²) in [7, 11) is 0. The Hall–Kier alpha value is -0.370. The van der Waals surface area contributed by atoms with Gasteiger partial charge in [-0.15, -0.1) is 0 Å². The molecule has 2 nitrogen and oxygen atoms in total. The predicted molar refractivity (Wildman–Crippen MR) is 59.6 cm³/mol. The number of hydrogen-bond acceptors (Lipinski definition) is 2. The molecule has 84 valence electrons. The van der Waals surface area contributed by atoms with Crippen molar-refractivity contribution >= 4 is 5.78 Å². The molecular formula is C13H21NO. The molecule has 0 aromatic carbocycles. The van der Waals surface area contributed by atoms with Crippen LogP contribution < -0.4 is 0 Å². The number of carbonyl (C=O) groups excluding carboxylic acids is 1. The van der Waals surface area contributed by atoms with E-state index >= 15 is 0 Å². The van der Waals surface area contributed by atoms with Gasteiger partial charge in [0.2, 0.25) is 0 Å². The first-order chi connectivity index (χ1) is 7.00. The minimum absolute atomic E-state index is 0.0741. The molecule has 3 atom stereocenters. The van der Waals surface area contributed by atoms with Gasteiger partial charge < -0.3 is 0 Å². The fourth-order valence-electron chi connectivity index (χ4n) is 4.41. The summed E-state index contributed by atoms with van der Waals surface area (Å²) >= 11 is 0. The molecule has 0 amide bonds. The summed E-state index contributed by atoms with van der Waals surface area (Å²) < 4.78 is 0. The van der Waals surface area contributed by atoms with Gasteiger partial charge in [-0.1, -0.05) is 13.8 Å². The van der Waals surface area contributed by atoms with Crippen molar-refractivity contribution < 1.29 is 4.79 Å². The van der Waals surface area contributed by atoms with Crippen LogP contribution in [0.4, 0.5) is 0 Å². The minimum Gasteiger partial charge on any atom is -0.298 e. The first-order valence-electron chi connectivity index (χ1n) is 6.30. The monoisotopic (exact) mass is 207 g/mol. The molecular weight excluding hydrogens is 186 g/mol. The molecule has 3 rings (SSSR count). The van der Waals surface area contributed by atoms with Crippen LogP contribution in [0.25, 0.3) is 0 Å². The standard InChI is InChI=1S/C13H21NO/c1-9-5-7-14(9)13-6-4-10(8-11(13)15)12(13,2)3/h9-10H,4-8H2,1-3H3/t9-,10-,13-/m0/s1. The van der Waals surface area contributed by atoms with E-state index in [-0.39, 0.29) is 11.0 Å². The summed E-state index contributed by atoms with van der Waals surface area (Å²) in [5.41, 5.74) is 0.147. The Morgan fingerprint density at radius 2 is 2.07 bits per heavy atom. The van der Waals surface area contributed by atoms with Crippen molar-refractivity contribution in [2.75, 3.05) is 6.54 Å². The summed E-state index contributed by atoms with van der Waals surface area (Å²) in [6.07, 6.45) is 4.50. The Labute approximate surface area is 92.0 Å². The lowest BCUT2D eigenvalue weighted by atomic mass is 9.72. The van der Waals surface area contributed by atoms with Crippen LogP contribution in [0.2, 0.25) is 0 Å². The topological polar surface area (TPSA) is 20.3 Å². The second kappa shape index (κ2) is 2.65. The van der Waals surface area contributed by atoms with Crippen LogP contribution in [-0.4, -0.2) is 28.8 Å². The molecule has 1 aliphatic heterocycles. The minimum atomic E-state index is -0.0741. The van der Waals surface area contributed by atoms with Crippen LogP contribution in [0.5, 0.6) is 0 Å². The van der Waals surface area contributed by atoms with Crippen LogP contribution in [0.15, 0.2) is 0 Å². The number of hydrogen-bond donors (Lipinski definition) is 0. The van der Waals surface area contributed by atoms with Crippen LogP contribution in [0.1, 0.15) is 46.5 Å². The van der Waals surface area contributed by atoms with Crippen molar-refractivity contribution in [1.29, 1.82) is 0 Å². The first kappa shape index (κ1) is 9.83. The molecule has 1 saturated heterocycles. The van der Waals surface area contributed by atoms with Crippen LogP contribution in [0, 0.1) is 11.3 Å². The molecule has 1 heterocycles. The summed E-state index contributed by atoms with van der Waals surface area (Å²) in [4.78, 5) is 14.8. The van der Waals surface area contributed by atoms with E-state index in [0.717, 1.165) is 19.4 Å². The summed E-state index contributed by atoms with van der Waals surface area (Å²) in [5, 5.41) is 0. The Kier molecular flexibility index (Phi) is 1.74. The van der Waals surface area contributed by atoms with E-state index in [9.17, 15) is 4.79 Å². The summed E-state index contributed by atoms with van der Waals surface area (Å²) in [5.74, 6) is 1.19. The lowest BCUT2D eigenvalue weighted by molar-refractivity contribution is -0.141. The zero-order valence-electron chi connectivity index (χ0n) is 10.0. The number of rotatable bonds is 1. The molecule has 0 radical (unpaired) electrons. The van der Waals surface area contributed by atoms with E-state index in [1.807, 2.05) is 0 Å². The maximum Gasteiger partial charge on any atom is 0.153 e. The van der Waals surface area contributed by atoms with Gasteiger partial charge >= 0.3 is 0 Å². The summed E-state index contributed by atoms with van der Waals surface area (Å²) in [6, 6.07) is 0.630. The van der Waals surface area contributed by atoms with Gasteiger partial charge in [0.05, 0.1) is 5.54 Å². The molecule has 0 N–H and O–H groups in total. The highest BCUT2D eigenvalue weighted by Crippen LogP contribution is 2.62. The highest BCUT2D eigenvalue weighted by molar-refractivity contribution is 5.93. The SMILES string of the molecule is C[C@H]1CCN1[C@@]12CC[C@@H](CC1=O)C2(C)C. The Bertz CT molecular complexity index is 322. The van der Waals surface area contributed by atoms with E-state index in [2.05, 4.69) is 25.7 Å². The number of ketones is 1. The molecule has 0 aromatic rings. The quantitative estimate of drug-likeness (QED) is 0.657. The Morgan fingerprint density at radius 3 is 2.40 bits per heavy atom. The van der Waals surface area contributed by atoms with E-state index in [1.54, 1.807) is 0 Å². The van der Waals surface area contributed by atoms with Crippen LogP contribution >= 0.6 is 0 Å². The second-order valence-corrected chi connectivity index (χ2v) is 6.28. The van der Waals surface area contributed by atoms with Crippen molar-refractivity contribution in [3.63, 3.8) is 0 Å². The summed E-state index contributed by atoms with van der Waals surface area (Å²) in [6.45, 7) is 8.05. The van der Waals surface area contributed by atoms with Gasteiger partial charge in [0.15, 0.2) is 5.78 Å². The lowest BCUT2D eigenvalue weighted by Crippen LogP contribution is -2.66. The predicted octanol–water partition coefficient (Wildman–Crippen LogP) is 2.23. The Morgan fingerprint density at radius 1 is 1.33 bits per heavy atom. The number of nitrogens with zero attached hydrogens (tertiary/aromatic N) is 1. The van der Waals surface area contributed by atoms with Crippen molar-refractivity contribution in [3.8, 4) is 0 Å². The van der Waals surface area contributed by atoms with Gasteiger partial charge in [-0.05, 0) is 37.5 Å². The van der Waals surface area contributed by atoms with E-state index in [4.69, 9.17) is 0 Å². The van der Waals surface area contributed by atoms with Gasteiger partial charge in [-0.3, -0.25) is 9.69 Å². The maximum atomic E-state index is 12.3. The van der Waals surface area contributed by atoms with Crippen molar-refractivity contribution in [1.82, 2.24) is 4.90 Å². The van der Waals surface area contributed by atoms with Gasteiger partial charge in [-0.2, -0.15) is 0 Å². The number of fused-ring (bicyclic) bond motifs is 2. The van der Waals surface area contributed by atoms with Crippen molar-refractivity contribution in [3.05, 3.63) is 0 Å². The smallest absolute Gasteiger partial charge is 0.153 e. The average Bonchev–Trinajstić information content (AvgIpc) is 2.49. The Balaban J connectivity index is 2.04. The maximum absolute atomic E-state index is 12.3. The van der Waals surface area contributed by atoms with Gasteiger partial charge in [-0.25, -0.2) is 0 Å². The molecule has 3 aliphatic rings. The van der Waals surface area contributed by atoms with Crippen LogP contribution in [0.3, 0.4) is 0 Å². The molecule has 2 heteroatoms. The van der Waals surface area contributed by atoms with Crippen molar-refractivity contribution in [2.45, 2.75) is 58.0 Å². The fourth-order valence-corrected chi connectivity index (χ4v) is 4.41. The average molecular weight is 207 g/mol. The zero-order chi connectivity index (χ0) is 10.8. The number of Topliss-reactive ketones (excluding diaryl/α,β-unsaturated/α-hetero) is 1. The van der Waals surface area contributed by atoms with Gasteiger partial charge in [0, 0.05) is 19.0 Å². The van der Waals surface area contributed by atoms with E-state index < -0.39 is 0 Å². The molecule has 2 saturated carbocycles. The van der Waals surface area contributed by atoms with Gasteiger partial charge in [0.25, 0.3) is 0 Å². The molecule has 2 bridgehead atoms. The third-order valence-corrected chi connectivity index (χ3v) is 5.64. The second-order valence-electron chi connectivity index (χ2n) is 6.28. The first-order valence-corrected chi connectivity index (χ1v) is 6.30. The normalized spacial score (nSPS) is 48.3. The molecule has 0 spiro atoms. The fraction of sp³-hybridized carbons (Fsp3) is 0.923. The van der Waals surface area contributed by atoms with Gasteiger partial charge in [0.1, 0.15) is 0 Å². The van der Waals surface area contributed by atoms with Crippen molar-refractivity contribution in [2.24, 2.45) is 11.3 Å². The largest absolute Gasteiger partial charge is 0.298 e. The highest BCUT2D eigenvalue weighted by atomic mass is 16.1.